The molecule has 9 heteroatoms. The summed E-state index contributed by atoms with van der Waals surface area (Å²) in [6, 6.07) is 7.79. The normalized spacial score (nSPS) is 19.3. The van der Waals surface area contributed by atoms with Gasteiger partial charge in [-0.25, -0.2) is 13.1 Å². The summed E-state index contributed by atoms with van der Waals surface area (Å²) in [6.07, 6.45) is 0.613. The van der Waals surface area contributed by atoms with Crippen molar-refractivity contribution >= 4 is 22.1 Å². The maximum Gasteiger partial charge on any atom is 0.288 e. The van der Waals surface area contributed by atoms with Crippen LogP contribution in [0.5, 0.6) is 0 Å². The Hall–Kier alpha value is -1.55. The van der Waals surface area contributed by atoms with Gasteiger partial charge in [0.15, 0.2) is 9.84 Å². The summed E-state index contributed by atoms with van der Waals surface area (Å²) in [5.41, 5.74) is 2.01. The highest BCUT2D eigenvalue weighted by atomic mass is 32.2. The highest BCUT2D eigenvalue weighted by Gasteiger charge is 2.32. The molecule has 3 rings (SSSR count). The molecule has 1 aromatic heterocycles. The van der Waals surface area contributed by atoms with Crippen LogP contribution in [0.4, 0.5) is 0 Å². The van der Waals surface area contributed by atoms with Crippen molar-refractivity contribution in [2.24, 2.45) is 0 Å². The predicted octanol–water partition coefficient (Wildman–Crippen LogP) is 2.27. The molecule has 0 bridgehead atoms. The molecule has 1 aliphatic rings. The van der Waals surface area contributed by atoms with E-state index in [9.17, 15) is 8.42 Å². The average Bonchev–Trinajstić information content (AvgIpc) is 3.14. The largest absolute Gasteiger partial charge is 0.409 e. The van der Waals surface area contributed by atoms with E-state index in [1.165, 1.54) is 0 Å². The molecule has 1 fully saturated rings. The van der Waals surface area contributed by atoms with Gasteiger partial charge in [-0.2, -0.15) is 0 Å². The van der Waals surface area contributed by atoms with Crippen molar-refractivity contribution in [2.75, 3.05) is 31.8 Å². The molecule has 0 radical (unpaired) electrons. The highest BCUT2D eigenvalue weighted by molar-refractivity contribution is 7.91. The lowest BCUT2D eigenvalue weighted by atomic mass is 10.1. The molecule has 0 spiro atoms. The van der Waals surface area contributed by atoms with Crippen LogP contribution in [0.2, 0.25) is 0 Å². The number of rotatable bonds is 7. The van der Waals surface area contributed by atoms with E-state index in [-0.39, 0.29) is 22.4 Å². The number of sulfone groups is 1. The lowest BCUT2D eigenvalue weighted by Gasteiger charge is -2.27. The van der Waals surface area contributed by atoms with Crippen molar-refractivity contribution in [1.82, 2.24) is 14.7 Å². The fourth-order valence-electron chi connectivity index (χ4n) is 3.02. The first kappa shape index (κ1) is 19.2. The van der Waals surface area contributed by atoms with Crippen LogP contribution in [0.1, 0.15) is 12.0 Å². The first-order valence-electron chi connectivity index (χ1n) is 8.46. The van der Waals surface area contributed by atoms with Gasteiger partial charge in [-0.1, -0.05) is 17.7 Å². The number of benzene rings is 1. The van der Waals surface area contributed by atoms with E-state index in [0.717, 1.165) is 11.1 Å². The van der Waals surface area contributed by atoms with Gasteiger partial charge < -0.3 is 9.15 Å². The molecule has 1 aliphatic heterocycles. The molecule has 1 atom stereocenters. The lowest BCUT2D eigenvalue weighted by Crippen LogP contribution is -2.40. The van der Waals surface area contributed by atoms with Gasteiger partial charge in [0, 0.05) is 25.3 Å². The van der Waals surface area contributed by atoms with Crippen LogP contribution in [0.25, 0.3) is 11.5 Å². The Kier molecular flexibility index (Phi) is 5.91. The topological polar surface area (TPSA) is 77.6 Å². The molecule has 0 amide bonds. The summed E-state index contributed by atoms with van der Waals surface area (Å²) in [7, 11) is -1.35. The maximum atomic E-state index is 11.8. The monoisotopic (exact) mass is 397 g/mol. The lowest BCUT2D eigenvalue weighted by molar-refractivity contribution is 0.0973. The zero-order valence-corrected chi connectivity index (χ0v) is 16.6. The van der Waals surface area contributed by atoms with Crippen LogP contribution in [-0.4, -0.2) is 60.9 Å². The fraction of sp³-hybridized carbons (Fsp3) is 0.529. The van der Waals surface area contributed by atoms with Crippen LogP contribution in [0.3, 0.4) is 0 Å². The molecular weight excluding hydrogens is 374 g/mol. The number of aryl methyl sites for hydroxylation is 1. The van der Waals surface area contributed by atoms with E-state index in [1.54, 1.807) is 11.8 Å². The summed E-state index contributed by atoms with van der Waals surface area (Å²) in [6.45, 7) is 3.50. The van der Waals surface area contributed by atoms with Gasteiger partial charge in [0.1, 0.15) is 0 Å². The molecule has 26 heavy (non-hydrogen) atoms. The Morgan fingerprint density at radius 2 is 2.12 bits per heavy atom. The Balaban J connectivity index is 1.80. The minimum atomic E-state index is -2.97. The van der Waals surface area contributed by atoms with E-state index in [0.29, 0.717) is 32.1 Å². The van der Waals surface area contributed by atoms with Crippen LogP contribution >= 0.6 is 12.2 Å². The number of hydrogen-bond acceptors (Lipinski definition) is 7. The zero-order valence-electron chi connectivity index (χ0n) is 14.9. The maximum absolute atomic E-state index is 11.8. The zero-order chi connectivity index (χ0) is 18.7. The first-order valence-corrected chi connectivity index (χ1v) is 10.7. The first-order chi connectivity index (χ1) is 12.4. The van der Waals surface area contributed by atoms with Gasteiger partial charge in [-0.3, -0.25) is 4.90 Å². The van der Waals surface area contributed by atoms with Crippen molar-refractivity contribution in [1.29, 1.82) is 0 Å². The minimum absolute atomic E-state index is 0.0587. The van der Waals surface area contributed by atoms with Crippen molar-refractivity contribution in [3.8, 4) is 11.5 Å². The van der Waals surface area contributed by atoms with Crippen molar-refractivity contribution in [2.45, 2.75) is 26.1 Å². The van der Waals surface area contributed by atoms with Crippen LogP contribution in [0.15, 0.2) is 28.7 Å². The van der Waals surface area contributed by atoms with Crippen LogP contribution < -0.4 is 0 Å². The second-order valence-corrected chi connectivity index (χ2v) is 9.12. The van der Waals surface area contributed by atoms with Gasteiger partial charge >= 0.3 is 0 Å². The second kappa shape index (κ2) is 7.99. The van der Waals surface area contributed by atoms with Gasteiger partial charge in [-0.15, -0.1) is 5.10 Å². The number of ether oxygens (including phenoxy) is 1. The molecular formula is C17H23N3O4S2. The third-order valence-electron chi connectivity index (χ3n) is 4.53. The Morgan fingerprint density at radius 3 is 2.73 bits per heavy atom. The van der Waals surface area contributed by atoms with Crippen LogP contribution in [0, 0.1) is 11.8 Å². The third-order valence-corrected chi connectivity index (χ3v) is 6.57. The molecule has 1 aromatic carbocycles. The molecule has 7 nitrogen and oxygen atoms in total. The average molecular weight is 398 g/mol. The highest BCUT2D eigenvalue weighted by Crippen LogP contribution is 2.21. The minimum Gasteiger partial charge on any atom is -0.409 e. The smallest absolute Gasteiger partial charge is 0.288 e. The standard InChI is InChI=1S/C17H23N3O4S2/c1-13-3-5-14(6-4-13)16-18-20(17(25)24-16)12-19(8-9-23-2)15-7-10-26(21,22)11-15/h3-6,15H,7-12H2,1-2H3/t15-/m1/s1. The molecule has 0 saturated carbocycles. The van der Waals surface area contributed by atoms with E-state index in [4.69, 9.17) is 21.4 Å². The van der Waals surface area contributed by atoms with Crippen LogP contribution in [-0.2, 0) is 21.2 Å². The van der Waals surface area contributed by atoms with Crippen molar-refractivity contribution in [3.05, 3.63) is 34.7 Å². The molecule has 2 heterocycles. The molecule has 1 saturated heterocycles. The molecule has 142 valence electrons. The number of aromatic nitrogens is 2. The van der Waals surface area contributed by atoms with Crippen molar-refractivity contribution in [3.63, 3.8) is 0 Å². The van der Waals surface area contributed by atoms with Gasteiger partial charge in [-0.05, 0) is 37.7 Å². The molecule has 2 aromatic rings. The summed E-state index contributed by atoms with van der Waals surface area (Å²) >= 11 is 5.31. The number of nitrogens with zero attached hydrogens (tertiary/aromatic N) is 3. The van der Waals surface area contributed by atoms with E-state index in [1.807, 2.05) is 36.1 Å². The van der Waals surface area contributed by atoms with E-state index in [2.05, 4.69) is 5.10 Å². The fourth-order valence-corrected chi connectivity index (χ4v) is 4.96. The van der Waals surface area contributed by atoms with Gasteiger partial charge in [0.05, 0.1) is 24.8 Å². The Morgan fingerprint density at radius 1 is 1.38 bits per heavy atom. The third kappa shape index (κ3) is 4.59. The molecule has 0 aliphatic carbocycles. The summed E-state index contributed by atoms with van der Waals surface area (Å²) in [4.78, 5) is 2.31. The number of hydrogen-bond donors (Lipinski definition) is 0. The van der Waals surface area contributed by atoms with E-state index >= 15 is 0 Å². The quantitative estimate of drug-likeness (QED) is 0.663. The SMILES string of the molecule is COCCN(Cn1nc(-c2ccc(C)cc2)oc1=S)[C@@H]1CCS(=O)(=O)C1. The summed E-state index contributed by atoms with van der Waals surface area (Å²) in [5.74, 6) is 0.841. The summed E-state index contributed by atoms with van der Waals surface area (Å²) < 4.78 is 36.1. The Bertz CT molecular complexity index is 903. The van der Waals surface area contributed by atoms with E-state index < -0.39 is 9.84 Å². The van der Waals surface area contributed by atoms with Gasteiger partial charge in [0.2, 0.25) is 5.89 Å². The molecule has 0 unspecified atom stereocenters. The predicted molar refractivity (Wildman–Crippen MR) is 101 cm³/mol. The second-order valence-electron chi connectivity index (χ2n) is 6.54. The van der Waals surface area contributed by atoms with Gasteiger partial charge in [0.25, 0.3) is 4.84 Å². The number of methoxy groups -OCH3 is 1. The summed E-state index contributed by atoms with van der Waals surface area (Å²) in [5, 5.41) is 4.48. The molecule has 0 N–H and O–H groups in total. The Labute approximate surface area is 158 Å². The van der Waals surface area contributed by atoms with Crippen molar-refractivity contribution < 1.29 is 17.6 Å².